The zero-order valence-electron chi connectivity index (χ0n) is 9.68. The summed E-state index contributed by atoms with van der Waals surface area (Å²) >= 11 is 5.80. The van der Waals surface area contributed by atoms with E-state index >= 15 is 0 Å². The van der Waals surface area contributed by atoms with Gasteiger partial charge in [0.05, 0.1) is 17.0 Å². The van der Waals surface area contributed by atoms with Gasteiger partial charge in [-0.1, -0.05) is 11.6 Å². The number of ether oxygens (including phenoxy) is 1. The highest BCUT2D eigenvalue weighted by atomic mass is 35.5. The first-order chi connectivity index (χ1) is 8.27. The van der Waals surface area contributed by atoms with Gasteiger partial charge in [-0.05, 0) is 25.1 Å². The van der Waals surface area contributed by atoms with Crippen molar-refractivity contribution in [1.82, 2.24) is 4.72 Å². The van der Waals surface area contributed by atoms with Crippen molar-refractivity contribution >= 4 is 27.6 Å². The van der Waals surface area contributed by atoms with Crippen LogP contribution in [0.1, 0.15) is 6.92 Å². The quantitative estimate of drug-likeness (QED) is 0.848. The lowest BCUT2D eigenvalue weighted by atomic mass is 10.3. The number of methoxy groups -OCH3 is 1. The molecule has 8 heteroatoms. The molecule has 0 spiro atoms. The molecular formula is C10H12ClNO5S. The highest BCUT2D eigenvalue weighted by Crippen LogP contribution is 2.26. The molecule has 6 nitrogen and oxygen atoms in total. The molecule has 0 aromatic heterocycles. The van der Waals surface area contributed by atoms with Gasteiger partial charge in [-0.25, -0.2) is 8.42 Å². The summed E-state index contributed by atoms with van der Waals surface area (Å²) in [5.74, 6) is -0.930. The van der Waals surface area contributed by atoms with Gasteiger partial charge >= 0.3 is 5.97 Å². The van der Waals surface area contributed by atoms with E-state index in [1.807, 2.05) is 4.72 Å². The van der Waals surface area contributed by atoms with Crippen LogP contribution in [-0.2, 0) is 14.8 Å². The Kier molecular flexibility index (Phi) is 4.55. The molecule has 1 aromatic rings. The van der Waals surface area contributed by atoms with Crippen LogP contribution < -0.4 is 9.46 Å². The zero-order chi connectivity index (χ0) is 13.9. The average Bonchev–Trinajstić information content (AvgIpc) is 2.28. The Labute approximate surface area is 110 Å². The second-order valence-corrected chi connectivity index (χ2v) is 5.60. The van der Waals surface area contributed by atoms with Crippen LogP contribution >= 0.6 is 11.6 Å². The van der Waals surface area contributed by atoms with Gasteiger partial charge in [0.2, 0.25) is 10.0 Å². The SMILES string of the molecule is COc1ccc(S(=O)(=O)N[C@@H](C)C(=O)O)cc1Cl. The highest BCUT2D eigenvalue weighted by Gasteiger charge is 2.22. The van der Waals surface area contributed by atoms with Gasteiger partial charge in [0.1, 0.15) is 11.8 Å². The molecule has 0 aliphatic heterocycles. The molecule has 0 amide bonds. The van der Waals surface area contributed by atoms with Gasteiger partial charge in [-0.15, -0.1) is 0 Å². The summed E-state index contributed by atoms with van der Waals surface area (Å²) in [6.45, 7) is 1.23. The molecule has 0 aliphatic rings. The Morgan fingerprint density at radius 2 is 2.11 bits per heavy atom. The van der Waals surface area contributed by atoms with E-state index in [-0.39, 0.29) is 9.92 Å². The molecule has 0 radical (unpaired) electrons. The molecule has 0 unspecified atom stereocenters. The summed E-state index contributed by atoms with van der Waals surface area (Å²) in [5, 5.41) is 8.78. The van der Waals surface area contributed by atoms with Crippen LogP contribution in [0, 0.1) is 0 Å². The predicted octanol–water partition coefficient (Wildman–Crippen LogP) is 1.10. The minimum absolute atomic E-state index is 0.124. The average molecular weight is 294 g/mol. The van der Waals surface area contributed by atoms with Crippen LogP contribution in [0.15, 0.2) is 23.1 Å². The van der Waals surface area contributed by atoms with E-state index < -0.39 is 22.0 Å². The summed E-state index contributed by atoms with van der Waals surface area (Å²) in [4.78, 5) is 10.5. The van der Waals surface area contributed by atoms with Crippen molar-refractivity contribution < 1.29 is 23.1 Å². The highest BCUT2D eigenvalue weighted by molar-refractivity contribution is 7.89. The second kappa shape index (κ2) is 5.55. The number of sulfonamides is 1. The van der Waals surface area contributed by atoms with Crippen molar-refractivity contribution in [2.75, 3.05) is 7.11 Å². The minimum Gasteiger partial charge on any atom is -0.495 e. The van der Waals surface area contributed by atoms with Crippen LogP contribution in [-0.4, -0.2) is 32.6 Å². The van der Waals surface area contributed by atoms with Crippen LogP contribution in [0.5, 0.6) is 5.75 Å². The van der Waals surface area contributed by atoms with Crippen LogP contribution in [0.4, 0.5) is 0 Å². The number of aliphatic carboxylic acids is 1. The number of carboxylic acid groups (broad SMARTS) is 1. The Balaban J connectivity index is 3.06. The maximum Gasteiger partial charge on any atom is 0.321 e. The van der Waals surface area contributed by atoms with E-state index in [1.165, 1.54) is 32.2 Å². The fourth-order valence-corrected chi connectivity index (χ4v) is 2.71. The van der Waals surface area contributed by atoms with Gasteiger partial charge in [0, 0.05) is 0 Å². The van der Waals surface area contributed by atoms with E-state index in [9.17, 15) is 13.2 Å². The number of carbonyl (C=O) groups is 1. The van der Waals surface area contributed by atoms with Gasteiger partial charge in [-0.3, -0.25) is 4.79 Å². The Bertz CT molecular complexity index is 557. The summed E-state index contributed by atoms with van der Waals surface area (Å²) in [5.41, 5.74) is 0. The number of halogens is 1. The first-order valence-electron chi connectivity index (χ1n) is 4.86. The van der Waals surface area contributed by atoms with Crippen molar-refractivity contribution in [2.24, 2.45) is 0 Å². The Hall–Kier alpha value is -1.31. The molecule has 100 valence electrons. The van der Waals surface area contributed by atoms with Gasteiger partial charge < -0.3 is 9.84 Å². The lowest BCUT2D eigenvalue weighted by molar-refractivity contribution is -0.138. The lowest BCUT2D eigenvalue weighted by Gasteiger charge is -2.11. The number of hydrogen-bond acceptors (Lipinski definition) is 4. The largest absolute Gasteiger partial charge is 0.495 e. The summed E-state index contributed by atoms with van der Waals surface area (Å²) in [6.07, 6.45) is 0. The third kappa shape index (κ3) is 3.34. The van der Waals surface area contributed by atoms with Gasteiger partial charge in [-0.2, -0.15) is 4.72 Å². The van der Waals surface area contributed by atoms with Gasteiger partial charge in [0.25, 0.3) is 0 Å². The molecule has 18 heavy (non-hydrogen) atoms. The van der Waals surface area contributed by atoms with Crippen molar-refractivity contribution in [3.05, 3.63) is 23.2 Å². The molecule has 0 saturated carbocycles. The maximum atomic E-state index is 11.8. The van der Waals surface area contributed by atoms with Crippen LogP contribution in [0.25, 0.3) is 0 Å². The second-order valence-electron chi connectivity index (χ2n) is 3.48. The topological polar surface area (TPSA) is 92.7 Å². The van der Waals surface area contributed by atoms with E-state index in [4.69, 9.17) is 21.4 Å². The summed E-state index contributed by atoms with van der Waals surface area (Å²) in [7, 11) is -2.52. The van der Waals surface area contributed by atoms with Crippen molar-refractivity contribution in [3.63, 3.8) is 0 Å². The van der Waals surface area contributed by atoms with Crippen molar-refractivity contribution in [3.8, 4) is 5.75 Å². The number of rotatable bonds is 5. The van der Waals surface area contributed by atoms with E-state index in [2.05, 4.69) is 0 Å². The molecule has 0 heterocycles. The molecule has 0 fully saturated rings. The molecule has 0 bridgehead atoms. The van der Waals surface area contributed by atoms with E-state index in [0.717, 1.165) is 0 Å². The fourth-order valence-electron chi connectivity index (χ4n) is 1.17. The Morgan fingerprint density at radius 1 is 1.50 bits per heavy atom. The molecule has 2 N–H and O–H groups in total. The molecule has 1 atom stereocenters. The number of carboxylic acids is 1. The number of hydrogen-bond donors (Lipinski definition) is 2. The van der Waals surface area contributed by atoms with E-state index in [1.54, 1.807) is 0 Å². The van der Waals surface area contributed by atoms with Crippen molar-refractivity contribution in [1.29, 1.82) is 0 Å². The maximum absolute atomic E-state index is 11.8. The Morgan fingerprint density at radius 3 is 2.56 bits per heavy atom. The normalized spacial score (nSPS) is 13.1. The first kappa shape index (κ1) is 14.7. The first-order valence-corrected chi connectivity index (χ1v) is 6.72. The summed E-state index contributed by atoms with van der Waals surface area (Å²) < 4.78 is 30.6. The monoisotopic (exact) mass is 293 g/mol. The van der Waals surface area contributed by atoms with Crippen LogP contribution in [0.2, 0.25) is 5.02 Å². The predicted molar refractivity (Wildman–Crippen MR) is 65.4 cm³/mol. The molecular weight excluding hydrogens is 282 g/mol. The molecule has 0 aliphatic carbocycles. The summed E-state index contributed by atoms with van der Waals surface area (Å²) in [6, 6.07) is 2.64. The molecule has 1 rings (SSSR count). The third-order valence-corrected chi connectivity index (χ3v) is 3.97. The standard InChI is InChI=1S/C10H12ClNO5S/c1-6(10(13)14)12-18(15,16)7-3-4-9(17-2)8(11)5-7/h3-6,12H,1-2H3,(H,13,14)/t6-/m0/s1. The smallest absolute Gasteiger partial charge is 0.321 e. The van der Waals surface area contributed by atoms with Crippen LogP contribution in [0.3, 0.4) is 0 Å². The number of nitrogens with one attached hydrogen (secondary N) is 1. The molecule has 0 saturated heterocycles. The van der Waals surface area contributed by atoms with Gasteiger partial charge in [0.15, 0.2) is 0 Å². The number of benzene rings is 1. The third-order valence-electron chi connectivity index (χ3n) is 2.14. The zero-order valence-corrected chi connectivity index (χ0v) is 11.2. The molecule has 1 aromatic carbocycles. The van der Waals surface area contributed by atoms with Crippen molar-refractivity contribution in [2.45, 2.75) is 17.9 Å². The minimum atomic E-state index is -3.92. The lowest BCUT2D eigenvalue weighted by Crippen LogP contribution is -2.38. The van der Waals surface area contributed by atoms with E-state index in [0.29, 0.717) is 5.75 Å². The fraction of sp³-hybridized carbons (Fsp3) is 0.300.